The van der Waals surface area contributed by atoms with Gasteiger partial charge in [-0.25, -0.2) is 0 Å². The normalized spacial score (nSPS) is 14.8. The largest absolute Gasteiger partial charge is 0.480 e. The fourth-order valence-corrected chi connectivity index (χ4v) is 1.40. The number of aliphatic hydroxyl groups is 1. The van der Waals surface area contributed by atoms with E-state index in [1.165, 1.54) is 0 Å². The fourth-order valence-electron chi connectivity index (χ4n) is 1.40. The molecule has 0 aliphatic carbocycles. The van der Waals surface area contributed by atoms with E-state index in [-0.39, 0.29) is 0 Å². The highest BCUT2D eigenvalue weighted by Gasteiger charge is 2.19. The Kier molecular flexibility index (Phi) is 4.46. The van der Waals surface area contributed by atoms with E-state index in [1.54, 1.807) is 18.9 Å². The van der Waals surface area contributed by atoms with E-state index in [1.807, 2.05) is 30.3 Å². The maximum atomic E-state index is 10.7. The first-order valence-electron chi connectivity index (χ1n) is 5.18. The van der Waals surface area contributed by atoms with Crippen molar-refractivity contribution >= 4 is 5.97 Å². The molecule has 2 unspecified atom stereocenters. The van der Waals surface area contributed by atoms with Gasteiger partial charge in [-0.15, -0.1) is 0 Å². The fraction of sp³-hybridized carbons (Fsp3) is 0.417. The monoisotopic (exact) mass is 223 g/mol. The summed E-state index contributed by atoms with van der Waals surface area (Å²) in [5, 5.41) is 18.7. The van der Waals surface area contributed by atoms with Crippen LogP contribution in [0.5, 0.6) is 0 Å². The number of hydrogen-bond donors (Lipinski definition) is 2. The average molecular weight is 223 g/mol. The van der Waals surface area contributed by atoms with Crippen LogP contribution in [0.25, 0.3) is 0 Å². The Morgan fingerprint density at radius 3 is 2.44 bits per heavy atom. The first-order valence-corrected chi connectivity index (χ1v) is 5.18. The van der Waals surface area contributed by atoms with E-state index in [2.05, 4.69) is 0 Å². The number of carboxylic acid groups (broad SMARTS) is 1. The van der Waals surface area contributed by atoms with Gasteiger partial charge in [0, 0.05) is 6.54 Å². The SMILES string of the molecule is CC(C(=O)O)N(C)CC(O)c1ccccc1. The Labute approximate surface area is 95.1 Å². The van der Waals surface area contributed by atoms with E-state index in [4.69, 9.17) is 5.11 Å². The first-order chi connectivity index (χ1) is 7.52. The Balaban J connectivity index is 2.58. The molecule has 4 nitrogen and oxygen atoms in total. The second-order valence-electron chi connectivity index (χ2n) is 3.88. The number of rotatable bonds is 5. The lowest BCUT2D eigenvalue weighted by molar-refractivity contribution is -0.142. The zero-order valence-electron chi connectivity index (χ0n) is 9.50. The molecule has 16 heavy (non-hydrogen) atoms. The molecule has 0 aromatic heterocycles. The van der Waals surface area contributed by atoms with Crippen molar-refractivity contribution in [3.8, 4) is 0 Å². The van der Waals surface area contributed by atoms with Gasteiger partial charge in [0.05, 0.1) is 6.10 Å². The minimum Gasteiger partial charge on any atom is -0.480 e. The lowest BCUT2D eigenvalue weighted by Crippen LogP contribution is -2.38. The van der Waals surface area contributed by atoms with Crippen molar-refractivity contribution in [1.82, 2.24) is 4.90 Å². The van der Waals surface area contributed by atoms with Crippen LogP contribution in [0.2, 0.25) is 0 Å². The third-order valence-corrected chi connectivity index (χ3v) is 2.66. The Hall–Kier alpha value is -1.39. The molecule has 0 fully saturated rings. The van der Waals surface area contributed by atoms with Crippen molar-refractivity contribution in [3.63, 3.8) is 0 Å². The Morgan fingerprint density at radius 2 is 1.94 bits per heavy atom. The molecule has 2 N–H and O–H groups in total. The number of carbonyl (C=O) groups is 1. The lowest BCUT2D eigenvalue weighted by Gasteiger charge is -2.24. The van der Waals surface area contributed by atoms with Gasteiger partial charge < -0.3 is 10.2 Å². The highest BCUT2D eigenvalue weighted by atomic mass is 16.4. The molecular formula is C12H17NO3. The summed E-state index contributed by atoms with van der Waals surface area (Å²) in [5.74, 6) is -0.886. The van der Waals surface area contributed by atoms with Crippen LogP contribution in [-0.2, 0) is 4.79 Å². The minimum atomic E-state index is -0.886. The van der Waals surface area contributed by atoms with Crippen LogP contribution in [0.15, 0.2) is 30.3 Å². The zero-order chi connectivity index (χ0) is 12.1. The second kappa shape index (κ2) is 5.63. The molecule has 0 bridgehead atoms. The third-order valence-electron chi connectivity index (χ3n) is 2.66. The number of hydrogen-bond acceptors (Lipinski definition) is 3. The maximum Gasteiger partial charge on any atom is 0.320 e. The lowest BCUT2D eigenvalue weighted by atomic mass is 10.1. The standard InChI is InChI=1S/C12H17NO3/c1-9(12(15)16)13(2)8-11(14)10-6-4-3-5-7-10/h3-7,9,11,14H,8H2,1-2H3,(H,15,16). The molecule has 0 saturated carbocycles. The highest BCUT2D eigenvalue weighted by molar-refractivity contribution is 5.72. The van der Waals surface area contributed by atoms with Crippen molar-refractivity contribution in [2.45, 2.75) is 19.1 Å². The van der Waals surface area contributed by atoms with Crippen LogP contribution < -0.4 is 0 Å². The smallest absolute Gasteiger partial charge is 0.320 e. The zero-order valence-corrected chi connectivity index (χ0v) is 9.50. The van der Waals surface area contributed by atoms with Gasteiger partial charge in [-0.2, -0.15) is 0 Å². The number of nitrogens with zero attached hydrogens (tertiary/aromatic N) is 1. The highest BCUT2D eigenvalue weighted by Crippen LogP contribution is 2.14. The summed E-state index contributed by atoms with van der Waals surface area (Å²) in [4.78, 5) is 12.3. The van der Waals surface area contributed by atoms with E-state index in [9.17, 15) is 9.90 Å². The number of benzene rings is 1. The average Bonchev–Trinajstić information content (AvgIpc) is 2.28. The van der Waals surface area contributed by atoms with Gasteiger partial charge in [0.25, 0.3) is 0 Å². The van der Waals surface area contributed by atoms with Crippen LogP contribution in [0.3, 0.4) is 0 Å². The molecule has 1 rings (SSSR count). The summed E-state index contributed by atoms with van der Waals surface area (Å²) in [6, 6.07) is 8.62. The summed E-state index contributed by atoms with van der Waals surface area (Å²) in [6.07, 6.45) is -0.659. The van der Waals surface area contributed by atoms with Gasteiger partial charge in [-0.3, -0.25) is 9.69 Å². The maximum absolute atomic E-state index is 10.7. The van der Waals surface area contributed by atoms with Gasteiger partial charge >= 0.3 is 5.97 Å². The van der Waals surface area contributed by atoms with Crippen molar-refractivity contribution in [2.75, 3.05) is 13.6 Å². The van der Waals surface area contributed by atoms with Gasteiger partial charge in [-0.05, 0) is 19.5 Å². The molecule has 1 aromatic carbocycles. The molecule has 0 heterocycles. The van der Waals surface area contributed by atoms with Crippen LogP contribution in [0, 0.1) is 0 Å². The van der Waals surface area contributed by atoms with Crippen molar-refractivity contribution in [3.05, 3.63) is 35.9 Å². The summed E-state index contributed by atoms with van der Waals surface area (Å²) >= 11 is 0. The van der Waals surface area contributed by atoms with E-state index in [0.717, 1.165) is 5.56 Å². The summed E-state index contributed by atoms with van der Waals surface area (Å²) in [5.41, 5.74) is 0.798. The molecule has 0 radical (unpaired) electrons. The molecule has 0 spiro atoms. The van der Waals surface area contributed by atoms with E-state index in [0.29, 0.717) is 6.54 Å². The van der Waals surface area contributed by atoms with Gasteiger partial charge in [0.15, 0.2) is 0 Å². The van der Waals surface area contributed by atoms with E-state index < -0.39 is 18.1 Å². The Bertz CT molecular complexity index is 339. The number of likely N-dealkylation sites (N-methyl/N-ethyl adjacent to an activating group) is 1. The van der Waals surface area contributed by atoms with Crippen molar-refractivity contribution in [2.24, 2.45) is 0 Å². The summed E-state index contributed by atoms with van der Waals surface area (Å²) < 4.78 is 0. The molecule has 0 aliphatic heterocycles. The minimum absolute atomic E-state index is 0.303. The summed E-state index contributed by atoms with van der Waals surface area (Å²) in [7, 11) is 1.69. The van der Waals surface area contributed by atoms with Gasteiger partial charge in [0.2, 0.25) is 0 Å². The molecule has 0 aliphatic rings. The number of aliphatic hydroxyl groups excluding tert-OH is 1. The van der Waals surface area contributed by atoms with Crippen molar-refractivity contribution < 1.29 is 15.0 Å². The first kappa shape index (κ1) is 12.7. The predicted octanol–water partition coefficient (Wildman–Crippen LogP) is 1.12. The number of carboxylic acids is 1. The molecule has 0 saturated heterocycles. The van der Waals surface area contributed by atoms with Crippen LogP contribution in [0.4, 0.5) is 0 Å². The summed E-state index contributed by atoms with van der Waals surface area (Å²) in [6.45, 7) is 1.90. The number of aliphatic carboxylic acids is 1. The molecule has 88 valence electrons. The molecular weight excluding hydrogens is 206 g/mol. The molecule has 2 atom stereocenters. The second-order valence-corrected chi connectivity index (χ2v) is 3.88. The molecule has 1 aromatic rings. The Morgan fingerprint density at radius 1 is 1.38 bits per heavy atom. The molecule has 0 amide bonds. The van der Waals surface area contributed by atoms with Gasteiger partial charge in [-0.1, -0.05) is 30.3 Å². The van der Waals surface area contributed by atoms with Crippen LogP contribution in [-0.4, -0.2) is 40.7 Å². The van der Waals surface area contributed by atoms with Gasteiger partial charge in [0.1, 0.15) is 6.04 Å². The van der Waals surface area contributed by atoms with E-state index >= 15 is 0 Å². The predicted molar refractivity (Wildman–Crippen MR) is 61.1 cm³/mol. The van der Waals surface area contributed by atoms with Crippen LogP contribution >= 0.6 is 0 Å². The topological polar surface area (TPSA) is 60.8 Å². The van der Waals surface area contributed by atoms with Crippen LogP contribution in [0.1, 0.15) is 18.6 Å². The van der Waals surface area contributed by atoms with Crippen molar-refractivity contribution in [1.29, 1.82) is 0 Å². The quantitative estimate of drug-likeness (QED) is 0.785. The third kappa shape index (κ3) is 3.32. The molecule has 4 heteroatoms.